The van der Waals surface area contributed by atoms with Crippen molar-refractivity contribution >= 4 is 33.4 Å². The van der Waals surface area contributed by atoms with Gasteiger partial charge in [0.15, 0.2) is 0 Å². The van der Waals surface area contributed by atoms with E-state index in [2.05, 4.69) is 27.6 Å². The van der Waals surface area contributed by atoms with E-state index in [1.54, 1.807) is 18.3 Å². The molecule has 1 heterocycles. The van der Waals surface area contributed by atoms with Gasteiger partial charge in [0.25, 0.3) is 0 Å². The first-order valence-electron chi connectivity index (χ1n) is 5.73. The minimum Gasteiger partial charge on any atom is -0.508 e. The molecule has 0 aliphatic carbocycles. The number of hydrogen-bond acceptors (Lipinski definition) is 3. The molecule has 0 radical (unpaired) electrons. The van der Waals surface area contributed by atoms with Gasteiger partial charge in [-0.25, -0.2) is 4.98 Å². The van der Waals surface area contributed by atoms with Crippen molar-refractivity contribution in [3.8, 4) is 17.4 Å². The summed E-state index contributed by atoms with van der Waals surface area (Å²) in [6.45, 7) is 0. The number of rotatable bonds is 2. The van der Waals surface area contributed by atoms with E-state index < -0.39 is 0 Å². The molecule has 4 heteroatoms. The highest BCUT2D eigenvalue weighted by atomic mass is 127. The fraction of sp³-hybridized carbons (Fsp3) is 0. The second kappa shape index (κ2) is 5.05. The number of aromatic nitrogens is 1. The lowest BCUT2D eigenvalue weighted by Gasteiger charge is -2.08. The first kappa shape index (κ1) is 12.2. The maximum absolute atomic E-state index is 9.58. The van der Waals surface area contributed by atoms with Crippen molar-refractivity contribution in [2.45, 2.75) is 0 Å². The van der Waals surface area contributed by atoms with Gasteiger partial charge in [0, 0.05) is 15.2 Å². The Morgan fingerprint density at radius 3 is 2.79 bits per heavy atom. The number of hydrogen-bond donors (Lipinski definition) is 1. The highest BCUT2D eigenvalue weighted by Crippen LogP contribution is 2.30. The molecule has 0 aliphatic rings. The lowest BCUT2D eigenvalue weighted by molar-refractivity contribution is 0.465. The minimum atomic E-state index is 0.202. The zero-order valence-electron chi connectivity index (χ0n) is 9.88. The molecular formula is C15H10INO2. The number of ether oxygens (including phenoxy) is 1. The third kappa shape index (κ3) is 2.63. The van der Waals surface area contributed by atoms with Gasteiger partial charge in [-0.15, -0.1) is 0 Å². The van der Waals surface area contributed by atoms with E-state index in [0.29, 0.717) is 5.88 Å². The number of pyridine rings is 1. The second-order valence-corrected chi connectivity index (χ2v) is 5.33. The van der Waals surface area contributed by atoms with E-state index in [1.165, 1.54) is 0 Å². The monoisotopic (exact) mass is 363 g/mol. The molecule has 94 valence electrons. The Balaban J connectivity index is 2.07. The summed E-state index contributed by atoms with van der Waals surface area (Å²) in [5.74, 6) is 1.43. The predicted molar refractivity (Wildman–Crippen MR) is 82.6 cm³/mol. The number of halogens is 1. The Labute approximate surface area is 124 Å². The molecule has 1 N–H and O–H groups in total. The SMILES string of the molecule is Oc1ccc2ccnc(Oc3cccc(I)c3)c2c1. The van der Waals surface area contributed by atoms with Gasteiger partial charge < -0.3 is 9.84 Å². The zero-order valence-corrected chi connectivity index (χ0v) is 12.0. The van der Waals surface area contributed by atoms with Crippen molar-refractivity contribution in [3.05, 3.63) is 58.3 Å². The van der Waals surface area contributed by atoms with E-state index in [-0.39, 0.29) is 5.75 Å². The Bertz CT molecular complexity index is 743. The van der Waals surface area contributed by atoms with Gasteiger partial charge in [0.2, 0.25) is 5.88 Å². The summed E-state index contributed by atoms with van der Waals surface area (Å²) in [6, 6.07) is 14.8. The van der Waals surface area contributed by atoms with Crippen LogP contribution in [0.1, 0.15) is 0 Å². The van der Waals surface area contributed by atoms with Gasteiger partial charge in [-0.2, -0.15) is 0 Å². The summed E-state index contributed by atoms with van der Waals surface area (Å²) in [4.78, 5) is 4.24. The molecule has 3 aromatic rings. The number of nitrogens with zero attached hydrogens (tertiary/aromatic N) is 1. The molecular weight excluding hydrogens is 353 g/mol. The molecule has 0 saturated carbocycles. The fourth-order valence-electron chi connectivity index (χ4n) is 1.85. The van der Waals surface area contributed by atoms with Crippen molar-refractivity contribution in [2.24, 2.45) is 0 Å². The molecule has 1 aromatic heterocycles. The normalized spacial score (nSPS) is 10.6. The van der Waals surface area contributed by atoms with Crippen LogP contribution in [0.25, 0.3) is 10.8 Å². The molecule has 0 atom stereocenters. The fourth-order valence-corrected chi connectivity index (χ4v) is 2.37. The van der Waals surface area contributed by atoms with Crippen LogP contribution in [0.5, 0.6) is 17.4 Å². The summed E-state index contributed by atoms with van der Waals surface area (Å²) in [6.07, 6.45) is 1.70. The van der Waals surface area contributed by atoms with Gasteiger partial charge in [-0.05, 0) is 64.4 Å². The quantitative estimate of drug-likeness (QED) is 0.689. The van der Waals surface area contributed by atoms with E-state index in [0.717, 1.165) is 20.1 Å². The zero-order chi connectivity index (χ0) is 13.2. The van der Waals surface area contributed by atoms with Gasteiger partial charge in [0.05, 0.1) is 0 Å². The van der Waals surface area contributed by atoms with Gasteiger partial charge >= 0.3 is 0 Å². The Kier molecular flexibility index (Phi) is 3.25. The molecule has 3 rings (SSSR count). The van der Waals surface area contributed by atoms with E-state index in [1.807, 2.05) is 36.4 Å². The highest BCUT2D eigenvalue weighted by molar-refractivity contribution is 14.1. The lowest BCUT2D eigenvalue weighted by atomic mass is 10.1. The molecule has 2 aromatic carbocycles. The molecule has 0 bridgehead atoms. The molecule has 0 aliphatic heterocycles. The van der Waals surface area contributed by atoms with Crippen LogP contribution in [-0.4, -0.2) is 10.1 Å². The van der Waals surface area contributed by atoms with E-state index in [9.17, 15) is 5.11 Å². The van der Waals surface area contributed by atoms with Crippen LogP contribution >= 0.6 is 22.6 Å². The molecule has 0 unspecified atom stereocenters. The molecule has 0 fully saturated rings. The van der Waals surface area contributed by atoms with Crippen LogP contribution in [0.3, 0.4) is 0 Å². The van der Waals surface area contributed by atoms with Crippen molar-refractivity contribution in [1.82, 2.24) is 4.98 Å². The van der Waals surface area contributed by atoms with Gasteiger partial charge in [-0.3, -0.25) is 0 Å². The van der Waals surface area contributed by atoms with Crippen molar-refractivity contribution in [2.75, 3.05) is 0 Å². The first-order chi connectivity index (χ1) is 9.22. The molecule has 0 saturated heterocycles. The van der Waals surface area contributed by atoms with Crippen LogP contribution in [0, 0.1) is 3.57 Å². The summed E-state index contributed by atoms with van der Waals surface area (Å²) in [7, 11) is 0. The number of aromatic hydroxyl groups is 1. The molecule has 0 spiro atoms. The van der Waals surface area contributed by atoms with Crippen LogP contribution in [0.2, 0.25) is 0 Å². The molecule has 0 amide bonds. The molecule has 3 nitrogen and oxygen atoms in total. The maximum atomic E-state index is 9.58. The predicted octanol–water partition coefficient (Wildman–Crippen LogP) is 4.34. The average molecular weight is 363 g/mol. The Morgan fingerprint density at radius 2 is 1.95 bits per heavy atom. The lowest BCUT2D eigenvalue weighted by Crippen LogP contribution is -1.89. The van der Waals surface area contributed by atoms with Crippen molar-refractivity contribution in [3.63, 3.8) is 0 Å². The standard InChI is InChI=1S/C15H10INO2/c16-11-2-1-3-13(8-11)19-15-14-9-12(18)5-4-10(14)6-7-17-15/h1-9,18H. The summed E-state index contributed by atoms with van der Waals surface area (Å²) < 4.78 is 6.90. The van der Waals surface area contributed by atoms with Crippen molar-refractivity contribution < 1.29 is 9.84 Å². The number of benzene rings is 2. The topological polar surface area (TPSA) is 42.4 Å². The van der Waals surface area contributed by atoms with Crippen LogP contribution in [0.4, 0.5) is 0 Å². The van der Waals surface area contributed by atoms with Crippen molar-refractivity contribution in [1.29, 1.82) is 0 Å². The van der Waals surface area contributed by atoms with E-state index in [4.69, 9.17) is 4.74 Å². The third-order valence-corrected chi connectivity index (χ3v) is 3.39. The van der Waals surface area contributed by atoms with E-state index >= 15 is 0 Å². The summed E-state index contributed by atoms with van der Waals surface area (Å²) in [5.41, 5.74) is 0. The number of fused-ring (bicyclic) bond motifs is 1. The number of phenolic OH excluding ortho intramolecular Hbond substituents is 1. The Morgan fingerprint density at radius 1 is 1.05 bits per heavy atom. The first-order valence-corrected chi connectivity index (χ1v) is 6.81. The van der Waals surface area contributed by atoms with Crippen LogP contribution < -0.4 is 4.74 Å². The summed E-state index contributed by atoms with van der Waals surface area (Å²) in [5, 5.41) is 11.4. The maximum Gasteiger partial charge on any atom is 0.227 e. The van der Waals surface area contributed by atoms with Gasteiger partial charge in [0.1, 0.15) is 11.5 Å². The van der Waals surface area contributed by atoms with Gasteiger partial charge in [-0.1, -0.05) is 12.1 Å². The summed E-state index contributed by atoms with van der Waals surface area (Å²) >= 11 is 2.23. The van der Waals surface area contributed by atoms with Crippen LogP contribution in [0.15, 0.2) is 54.7 Å². The minimum absolute atomic E-state index is 0.202. The third-order valence-electron chi connectivity index (χ3n) is 2.72. The van der Waals surface area contributed by atoms with Crippen LogP contribution in [-0.2, 0) is 0 Å². The number of phenols is 1. The largest absolute Gasteiger partial charge is 0.508 e. The molecule has 19 heavy (non-hydrogen) atoms. The second-order valence-electron chi connectivity index (χ2n) is 4.08. The average Bonchev–Trinajstić information content (AvgIpc) is 2.39. The highest BCUT2D eigenvalue weighted by Gasteiger charge is 2.06. The Hall–Kier alpha value is -1.82. The smallest absolute Gasteiger partial charge is 0.227 e.